The summed E-state index contributed by atoms with van der Waals surface area (Å²) < 4.78 is 54.9. The molecule has 0 unspecified atom stereocenters. The quantitative estimate of drug-likeness (QED) is 0.0963. The van der Waals surface area contributed by atoms with Gasteiger partial charge < -0.3 is 0 Å². The second-order valence-corrected chi connectivity index (χ2v) is 45.4. The first-order chi connectivity index (χ1) is 48.7. The molecule has 21 aromatic rings. The van der Waals surface area contributed by atoms with Crippen LogP contribution in [0.1, 0.15) is 16.7 Å². The van der Waals surface area contributed by atoms with Crippen molar-refractivity contribution in [3.05, 3.63) is 246 Å². The van der Waals surface area contributed by atoms with Crippen LogP contribution in [0.2, 0.25) is 39.3 Å². The summed E-state index contributed by atoms with van der Waals surface area (Å²) in [5.41, 5.74) is 2.03. The summed E-state index contributed by atoms with van der Waals surface area (Å²) in [5, 5.41) is 41.9. The molecule has 0 spiro atoms. The first kappa shape index (κ1) is 62.4. The van der Waals surface area contributed by atoms with Crippen LogP contribution in [0.3, 0.4) is 0 Å². The average Bonchev–Trinajstić information content (AvgIpc) is 1.61. The first-order valence-corrected chi connectivity index (χ1v) is 45.4. The molecular weight excluding hydrogens is 1390 g/mol. The lowest BCUT2D eigenvalue weighted by Gasteiger charge is -2.16. The molecule has 13 heteroatoms. The van der Waals surface area contributed by atoms with Gasteiger partial charge in [0.15, 0.2) is 5.69 Å². The van der Waals surface area contributed by atoms with E-state index in [1.54, 1.807) is 40.1 Å². The highest BCUT2D eigenvalue weighted by molar-refractivity contribution is 7.29. The molecule has 0 aliphatic heterocycles. The zero-order valence-corrected chi connectivity index (χ0v) is 62.7. The van der Waals surface area contributed by atoms with Gasteiger partial charge in [0.2, 0.25) is 0 Å². The van der Waals surface area contributed by atoms with Gasteiger partial charge in [-0.1, -0.05) is 170 Å². The largest absolute Gasteiger partial charge is 0.416 e. The fraction of sp³-hybridized carbons (Fsp3) is 0.0909. The van der Waals surface area contributed by atoms with Crippen LogP contribution >= 0.6 is 68.0 Å². The lowest BCUT2D eigenvalue weighted by molar-refractivity contribution is -0.137. The zero-order chi connectivity index (χ0) is 68.9. The van der Waals surface area contributed by atoms with Crippen molar-refractivity contribution >= 4 is 286 Å². The smallest absolute Gasteiger partial charge is 0.238 e. The number of halogens is 3. The molecule has 0 aliphatic rings. The van der Waals surface area contributed by atoms with Gasteiger partial charge in [-0.2, -0.15) is 18.4 Å². The minimum Gasteiger partial charge on any atom is -0.238 e. The Morgan fingerprint density at radius 1 is 0.317 bits per heavy atom. The number of thiophene rings is 6. The molecule has 0 radical (unpaired) electrons. The summed E-state index contributed by atoms with van der Waals surface area (Å²) in [4.78, 5) is 3.61. The maximum absolute atomic E-state index is 13.3. The Hall–Kier alpha value is -9.62. The van der Waals surface area contributed by atoms with Crippen LogP contribution in [0.5, 0.6) is 0 Å². The predicted octanol–water partition coefficient (Wildman–Crippen LogP) is 29.0. The lowest BCUT2D eigenvalue weighted by Crippen LogP contribution is -2.37. The standard InChI is InChI=1S/C32H30S2Si2.C28H15F3S2.C28H12N2S2/c1-35(2,3)21-9-13-29-27(17-21)23-11-7-19-16-26-20(15-25(19)31(23)33-29)8-12-24-28-18-22(36(4,5)6)10-14-30(28)34-32(24)26;1-14-2-8-24-22(10-14)18-6-3-15-12-21-16(11-20(15)26(18)32-24)4-7-19-23-13-17(28(29,30)31)5-9-25(23)33-27(19)21;1-30-18-5-9-26-24(13-18)20-7-4-17-11-21-16(12-22(17)28(20)32-26)3-6-19-23-10-15(14-29)2-8-25(23)31-27(19)21/h7-18H,1-6H3;2-13H,1H3;2-13H. The summed E-state index contributed by atoms with van der Waals surface area (Å²) in [6.07, 6.45) is -4.34. The lowest BCUT2D eigenvalue weighted by atomic mass is 9.99. The van der Waals surface area contributed by atoms with Gasteiger partial charge in [0, 0.05) is 143 Å². The predicted molar refractivity (Wildman–Crippen MR) is 448 cm³/mol. The number of benzene rings is 15. The van der Waals surface area contributed by atoms with Gasteiger partial charge in [-0.25, -0.2) is 4.85 Å². The third-order valence-corrected chi connectivity index (χ3v) is 31.9. The van der Waals surface area contributed by atoms with Gasteiger partial charge in [0.25, 0.3) is 0 Å². The molecular formula is C88H57F3N2S6Si2. The molecule has 2 nitrogen and oxygen atoms in total. The zero-order valence-electron chi connectivity index (χ0n) is 55.8. The van der Waals surface area contributed by atoms with Crippen molar-refractivity contribution in [2.75, 3.05) is 0 Å². The molecule has 484 valence electrons. The molecule has 0 N–H and O–H groups in total. The maximum Gasteiger partial charge on any atom is 0.416 e. The topological polar surface area (TPSA) is 28.1 Å². The number of aryl methyl sites for hydroxylation is 1. The second-order valence-electron chi connectivity index (χ2n) is 28.9. The second kappa shape index (κ2) is 22.7. The van der Waals surface area contributed by atoms with E-state index < -0.39 is 27.9 Å². The molecule has 0 saturated heterocycles. The third kappa shape index (κ3) is 10.1. The van der Waals surface area contributed by atoms with E-state index in [0.29, 0.717) is 16.6 Å². The molecule has 0 atom stereocenters. The monoisotopic (exact) mass is 1450 g/mol. The molecule has 0 amide bonds. The molecule has 0 saturated carbocycles. The molecule has 101 heavy (non-hydrogen) atoms. The Morgan fingerprint density at radius 2 is 0.614 bits per heavy atom. The summed E-state index contributed by atoms with van der Waals surface area (Å²) in [7, 11) is -2.70. The third-order valence-electron chi connectivity index (χ3n) is 20.5. The highest BCUT2D eigenvalue weighted by atomic mass is 32.1. The van der Waals surface area contributed by atoms with Crippen molar-refractivity contribution in [3.8, 4) is 6.07 Å². The minimum atomic E-state index is -4.34. The molecule has 21 rings (SSSR count). The molecule has 0 bridgehead atoms. The number of alkyl halides is 3. The number of nitrogens with zero attached hydrogens (tertiary/aromatic N) is 2. The SMILES string of the molecule is C[Si](C)(C)c1ccc2sc3c4cc5ccc6c7cc([Si](C)(C)C)ccc7sc6c5cc4ccc3c2c1.Cc1ccc2sc3c4cc5ccc6c7cc(C(F)(F)F)ccc7sc6c5cc4ccc3c2c1.[C-]#[N+]c1ccc2sc3c4cc5ccc6c7cc(C#N)ccc7sc6c5cc4ccc3c2c1. The van der Waals surface area contributed by atoms with Crippen molar-refractivity contribution in [2.24, 2.45) is 0 Å². The van der Waals surface area contributed by atoms with Gasteiger partial charge in [-0.15, -0.1) is 68.0 Å². The van der Waals surface area contributed by atoms with Gasteiger partial charge in [-0.05, 0) is 153 Å². The number of rotatable bonds is 2. The number of fused-ring (bicyclic) bond motifs is 30. The minimum absolute atomic E-state index is 0.601. The van der Waals surface area contributed by atoms with Gasteiger partial charge >= 0.3 is 6.18 Å². The van der Waals surface area contributed by atoms with E-state index in [9.17, 15) is 18.4 Å². The normalized spacial score (nSPS) is 12.6. The molecule has 0 aliphatic carbocycles. The van der Waals surface area contributed by atoms with Crippen LogP contribution in [0.15, 0.2) is 218 Å². The molecule has 15 aromatic carbocycles. The highest BCUT2D eigenvalue weighted by Crippen LogP contribution is 2.49. The Morgan fingerprint density at radius 3 is 0.950 bits per heavy atom. The summed E-state index contributed by atoms with van der Waals surface area (Å²) in [6, 6.07) is 79.7. The van der Waals surface area contributed by atoms with Gasteiger partial charge in [0.05, 0.1) is 39.9 Å². The van der Waals surface area contributed by atoms with E-state index in [0.717, 1.165) is 41.7 Å². The van der Waals surface area contributed by atoms with Crippen molar-refractivity contribution in [3.63, 3.8) is 0 Å². The summed E-state index contributed by atoms with van der Waals surface area (Å²) in [5.74, 6) is 0. The molecule has 6 heterocycles. The van der Waals surface area contributed by atoms with E-state index in [1.807, 2.05) is 70.4 Å². The summed E-state index contributed by atoms with van der Waals surface area (Å²) >= 11 is 10.9. The van der Waals surface area contributed by atoms with E-state index in [2.05, 4.69) is 221 Å². The maximum atomic E-state index is 13.3. The van der Waals surface area contributed by atoms with E-state index in [1.165, 1.54) is 167 Å². The van der Waals surface area contributed by atoms with Gasteiger partial charge in [-0.3, -0.25) is 0 Å². The number of hydrogen-bond acceptors (Lipinski definition) is 7. The Bertz CT molecular complexity index is 7040. The highest BCUT2D eigenvalue weighted by Gasteiger charge is 2.31. The Balaban J connectivity index is 0.000000105. The van der Waals surface area contributed by atoms with Crippen LogP contribution in [-0.2, 0) is 6.18 Å². The van der Waals surface area contributed by atoms with E-state index in [4.69, 9.17) is 6.57 Å². The Labute approximate surface area is 604 Å². The summed E-state index contributed by atoms with van der Waals surface area (Å²) in [6.45, 7) is 24.1. The number of hydrogen-bond donors (Lipinski definition) is 0. The van der Waals surface area contributed by atoms with Crippen LogP contribution in [0, 0.1) is 24.8 Å². The fourth-order valence-corrected chi connectivity index (χ4v) is 24.8. The molecule has 6 aromatic heterocycles. The number of nitriles is 1. The van der Waals surface area contributed by atoms with Crippen molar-refractivity contribution in [1.82, 2.24) is 0 Å². The van der Waals surface area contributed by atoms with Crippen LogP contribution < -0.4 is 10.4 Å². The fourth-order valence-electron chi connectivity index (χ4n) is 15.2. The van der Waals surface area contributed by atoms with Crippen molar-refractivity contribution in [2.45, 2.75) is 52.4 Å². The van der Waals surface area contributed by atoms with E-state index >= 15 is 0 Å². The van der Waals surface area contributed by atoms with E-state index in [-0.39, 0.29) is 0 Å². The first-order valence-electron chi connectivity index (χ1n) is 33.5. The average molecular weight is 1450 g/mol. The Kier molecular flexibility index (Phi) is 14.0. The van der Waals surface area contributed by atoms with Crippen LogP contribution in [0.4, 0.5) is 18.9 Å². The molecule has 0 fully saturated rings. The van der Waals surface area contributed by atoms with Crippen LogP contribution in [-0.4, -0.2) is 16.1 Å². The van der Waals surface area contributed by atoms with Crippen LogP contribution in [0.25, 0.3) is 191 Å². The van der Waals surface area contributed by atoms with Crippen molar-refractivity contribution < 1.29 is 13.2 Å². The van der Waals surface area contributed by atoms with Gasteiger partial charge in [0.1, 0.15) is 0 Å². The van der Waals surface area contributed by atoms with Crippen molar-refractivity contribution in [1.29, 1.82) is 5.26 Å².